The van der Waals surface area contributed by atoms with Gasteiger partial charge in [-0.15, -0.1) is 0 Å². The van der Waals surface area contributed by atoms with E-state index in [1.807, 2.05) is 6.07 Å². The van der Waals surface area contributed by atoms with Crippen molar-refractivity contribution in [3.63, 3.8) is 0 Å². The van der Waals surface area contributed by atoms with Crippen LogP contribution in [-0.4, -0.2) is 36.2 Å². The first-order valence-corrected chi connectivity index (χ1v) is 8.34. The van der Waals surface area contributed by atoms with Gasteiger partial charge in [-0.05, 0) is 18.6 Å². The van der Waals surface area contributed by atoms with Gasteiger partial charge in [0.05, 0.1) is 0 Å². The normalized spacial score (nSPS) is 18.5. The van der Waals surface area contributed by atoms with Crippen LogP contribution < -0.4 is 5.32 Å². The summed E-state index contributed by atoms with van der Waals surface area (Å²) < 4.78 is 1.88. The van der Waals surface area contributed by atoms with Crippen molar-refractivity contribution in [2.45, 2.75) is 25.8 Å². The number of piperazine rings is 1. The van der Waals surface area contributed by atoms with E-state index in [4.69, 9.17) is 0 Å². The molecular formula is C14H20Br2N2O. The minimum Gasteiger partial charge on any atom is -0.508 e. The number of phenolic OH excluding ortho intramolecular Hbond substituents is 1. The Kier molecular flexibility index (Phi) is 5.69. The molecule has 1 aliphatic heterocycles. The Bertz CT molecular complexity index is 410. The molecule has 3 nitrogen and oxygen atoms in total. The van der Waals surface area contributed by atoms with Crippen LogP contribution in [0.4, 0.5) is 0 Å². The zero-order chi connectivity index (χ0) is 13.8. The molecule has 1 heterocycles. The predicted molar refractivity (Wildman–Crippen MR) is 85.6 cm³/mol. The lowest BCUT2D eigenvalue weighted by atomic mass is 9.99. The van der Waals surface area contributed by atoms with Crippen LogP contribution in [0.15, 0.2) is 21.1 Å². The maximum atomic E-state index is 10.3. The second-order valence-electron chi connectivity index (χ2n) is 4.91. The van der Waals surface area contributed by atoms with Crippen LogP contribution in [0.2, 0.25) is 0 Å². The van der Waals surface area contributed by atoms with E-state index in [0.29, 0.717) is 5.75 Å². The van der Waals surface area contributed by atoms with Crippen LogP contribution in [0, 0.1) is 0 Å². The number of rotatable bonds is 4. The number of halogens is 2. The van der Waals surface area contributed by atoms with Crippen molar-refractivity contribution in [1.29, 1.82) is 0 Å². The molecule has 0 amide bonds. The van der Waals surface area contributed by atoms with Gasteiger partial charge in [-0.1, -0.05) is 45.2 Å². The molecule has 1 atom stereocenters. The number of nitrogens with zero attached hydrogens (tertiary/aromatic N) is 1. The largest absolute Gasteiger partial charge is 0.508 e. The average molecular weight is 392 g/mol. The van der Waals surface area contributed by atoms with Crippen molar-refractivity contribution in [1.82, 2.24) is 10.2 Å². The highest BCUT2D eigenvalue weighted by molar-refractivity contribution is 9.11. The van der Waals surface area contributed by atoms with Crippen molar-refractivity contribution in [3.05, 3.63) is 26.6 Å². The molecule has 1 aromatic rings. The summed E-state index contributed by atoms with van der Waals surface area (Å²) in [5.74, 6) is 0.373. The Hall–Kier alpha value is -0.100. The molecule has 2 N–H and O–H groups in total. The lowest BCUT2D eigenvalue weighted by molar-refractivity contribution is 0.161. The molecule has 0 spiro atoms. The fraction of sp³-hybridized carbons (Fsp3) is 0.571. The number of aromatic hydroxyl groups is 1. The van der Waals surface area contributed by atoms with Gasteiger partial charge in [-0.2, -0.15) is 0 Å². The van der Waals surface area contributed by atoms with Gasteiger partial charge in [0.1, 0.15) is 5.75 Å². The lowest BCUT2D eigenvalue weighted by Crippen LogP contribution is -2.45. The number of phenols is 1. The summed E-state index contributed by atoms with van der Waals surface area (Å²) in [6.45, 7) is 6.31. The maximum Gasteiger partial charge on any atom is 0.122 e. The van der Waals surface area contributed by atoms with Crippen LogP contribution in [0.1, 0.15) is 31.4 Å². The molecule has 106 valence electrons. The Labute approximate surface area is 131 Å². The number of hydrogen-bond acceptors (Lipinski definition) is 3. The van der Waals surface area contributed by atoms with E-state index in [2.05, 4.69) is 49.0 Å². The fourth-order valence-electron chi connectivity index (χ4n) is 2.68. The standard InChI is InChI=1S/C14H20Br2N2O/c1-2-3-12(18-6-4-17-5-7-18)14-11(16)8-10(15)9-13(14)19/h8-9,12,17,19H,2-7H2,1H3/t12-/m0/s1. The molecule has 2 rings (SSSR count). The molecule has 19 heavy (non-hydrogen) atoms. The van der Waals surface area contributed by atoms with Gasteiger partial charge in [-0.25, -0.2) is 0 Å². The van der Waals surface area contributed by atoms with Gasteiger partial charge < -0.3 is 10.4 Å². The van der Waals surface area contributed by atoms with E-state index in [9.17, 15) is 5.11 Å². The Morgan fingerprint density at radius 3 is 2.58 bits per heavy atom. The molecule has 0 unspecified atom stereocenters. The summed E-state index contributed by atoms with van der Waals surface area (Å²) in [6, 6.07) is 4.08. The average Bonchev–Trinajstić information content (AvgIpc) is 2.37. The predicted octanol–water partition coefficient (Wildman–Crippen LogP) is 3.66. The second kappa shape index (κ2) is 7.07. The number of nitrogens with one attached hydrogen (secondary N) is 1. The summed E-state index contributed by atoms with van der Waals surface area (Å²) in [4.78, 5) is 2.47. The number of hydrogen-bond donors (Lipinski definition) is 2. The first kappa shape index (κ1) is 15.3. The topological polar surface area (TPSA) is 35.5 Å². The summed E-state index contributed by atoms with van der Waals surface area (Å²) >= 11 is 7.02. The summed E-state index contributed by atoms with van der Waals surface area (Å²) in [7, 11) is 0. The van der Waals surface area contributed by atoms with Gasteiger partial charge >= 0.3 is 0 Å². The van der Waals surface area contributed by atoms with Crippen LogP contribution in [0.25, 0.3) is 0 Å². The molecule has 0 aromatic heterocycles. The molecule has 0 bridgehead atoms. The summed E-state index contributed by atoms with van der Waals surface area (Å²) in [5, 5.41) is 13.7. The van der Waals surface area contributed by atoms with Gasteiger partial charge in [0, 0.05) is 46.7 Å². The van der Waals surface area contributed by atoms with E-state index in [-0.39, 0.29) is 6.04 Å². The molecule has 1 aromatic carbocycles. The highest BCUT2D eigenvalue weighted by atomic mass is 79.9. The minimum absolute atomic E-state index is 0.287. The van der Waals surface area contributed by atoms with E-state index >= 15 is 0 Å². The Morgan fingerprint density at radius 2 is 2.00 bits per heavy atom. The molecular weight excluding hydrogens is 372 g/mol. The van der Waals surface area contributed by atoms with E-state index in [1.165, 1.54) is 0 Å². The molecule has 1 aliphatic rings. The molecule has 0 radical (unpaired) electrons. The van der Waals surface area contributed by atoms with Crippen LogP contribution >= 0.6 is 31.9 Å². The van der Waals surface area contributed by atoms with Gasteiger partial charge in [-0.3, -0.25) is 4.90 Å². The van der Waals surface area contributed by atoms with Crippen molar-refractivity contribution in [2.24, 2.45) is 0 Å². The van der Waals surface area contributed by atoms with E-state index in [0.717, 1.165) is 53.5 Å². The molecule has 5 heteroatoms. The molecule has 0 aliphatic carbocycles. The van der Waals surface area contributed by atoms with Crippen LogP contribution in [-0.2, 0) is 0 Å². The maximum absolute atomic E-state index is 10.3. The van der Waals surface area contributed by atoms with Crippen molar-refractivity contribution in [3.8, 4) is 5.75 Å². The third-order valence-corrected chi connectivity index (χ3v) is 4.67. The van der Waals surface area contributed by atoms with E-state index < -0.39 is 0 Å². The molecule has 0 saturated carbocycles. The fourth-order valence-corrected chi connectivity index (χ4v) is 4.14. The highest BCUT2D eigenvalue weighted by Crippen LogP contribution is 2.39. The van der Waals surface area contributed by atoms with Crippen LogP contribution in [0.5, 0.6) is 5.75 Å². The molecule has 1 saturated heterocycles. The number of benzene rings is 1. The lowest BCUT2D eigenvalue weighted by Gasteiger charge is -2.36. The first-order chi connectivity index (χ1) is 9.13. The zero-order valence-electron chi connectivity index (χ0n) is 11.1. The first-order valence-electron chi connectivity index (χ1n) is 6.76. The van der Waals surface area contributed by atoms with Crippen molar-refractivity contribution >= 4 is 31.9 Å². The third-order valence-electron chi connectivity index (χ3n) is 3.56. The van der Waals surface area contributed by atoms with Crippen LogP contribution in [0.3, 0.4) is 0 Å². The van der Waals surface area contributed by atoms with Gasteiger partial charge in [0.2, 0.25) is 0 Å². The minimum atomic E-state index is 0.287. The van der Waals surface area contributed by atoms with Crippen molar-refractivity contribution in [2.75, 3.05) is 26.2 Å². The van der Waals surface area contributed by atoms with E-state index in [1.54, 1.807) is 6.07 Å². The van der Waals surface area contributed by atoms with Crippen molar-refractivity contribution < 1.29 is 5.11 Å². The summed E-state index contributed by atoms with van der Waals surface area (Å²) in [5.41, 5.74) is 1.02. The summed E-state index contributed by atoms with van der Waals surface area (Å²) in [6.07, 6.45) is 2.17. The Morgan fingerprint density at radius 1 is 1.32 bits per heavy atom. The smallest absolute Gasteiger partial charge is 0.122 e. The molecule has 1 fully saturated rings. The highest BCUT2D eigenvalue weighted by Gasteiger charge is 2.25. The Balaban J connectivity index is 2.32. The third kappa shape index (κ3) is 3.72. The van der Waals surface area contributed by atoms with Gasteiger partial charge in [0.15, 0.2) is 0 Å². The van der Waals surface area contributed by atoms with Gasteiger partial charge in [0.25, 0.3) is 0 Å². The monoisotopic (exact) mass is 390 g/mol. The second-order valence-corrected chi connectivity index (χ2v) is 6.68. The SMILES string of the molecule is CCC[C@@H](c1c(O)cc(Br)cc1Br)N1CCNCC1. The quantitative estimate of drug-likeness (QED) is 0.821. The zero-order valence-corrected chi connectivity index (χ0v) is 14.3.